The Morgan fingerprint density at radius 3 is 2.64 bits per heavy atom. The minimum absolute atomic E-state index is 0.196. The summed E-state index contributed by atoms with van der Waals surface area (Å²) in [5.41, 5.74) is 10.4. The molecule has 0 amide bonds. The van der Waals surface area contributed by atoms with Crippen molar-refractivity contribution < 1.29 is 19.0 Å². The van der Waals surface area contributed by atoms with Gasteiger partial charge in [-0.05, 0) is 18.9 Å². The lowest BCUT2D eigenvalue weighted by Crippen LogP contribution is -2.51. The molecule has 2 rings (SSSR count). The van der Waals surface area contributed by atoms with E-state index in [9.17, 15) is 0 Å². The molecule has 0 N–H and O–H groups in total. The number of allylic oxidation sites excluding steroid dienone is 3. The molecule has 0 aromatic carbocycles. The van der Waals surface area contributed by atoms with Crippen LogP contribution >= 0.6 is 11.6 Å². The highest BCUT2D eigenvalue weighted by molar-refractivity contribution is 6.33. The molecule has 2 aliphatic rings. The number of rotatable bonds is 9. The van der Waals surface area contributed by atoms with E-state index in [1.165, 1.54) is 0 Å². The Hall–Kier alpha value is -1.17. The maximum atomic E-state index is 8.94. The Kier molecular flexibility index (Phi) is 8.65. The SMILES string of the molecule is CCCCOC1CN(C2=CCC(=[N+]=[N-])C=C2Cl)C(OCCCC)CO1. The molecule has 1 saturated heterocycles. The van der Waals surface area contributed by atoms with Crippen LogP contribution in [0.2, 0.25) is 0 Å². The van der Waals surface area contributed by atoms with Crippen molar-refractivity contribution in [1.29, 1.82) is 0 Å². The Bertz CT molecular complexity index is 544. The second-order valence-electron chi connectivity index (χ2n) is 6.20. The van der Waals surface area contributed by atoms with Gasteiger partial charge in [0.2, 0.25) is 0 Å². The molecule has 7 heteroatoms. The van der Waals surface area contributed by atoms with Crippen LogP contribution in [0.1, 0.15) is 46.0 Å². The first kappa shape index (κ1) is 20.1. The Labute approximate surface area is 155 Å². The predicted molar refractivity (Wildman–Crippen MR) is 97.2 cm³/mol. The van der Waals surface area contributed by atoms with E-state index in [1.54, 1.807) is 6.08 Å². The van der Waals surface area contributed by atoms with Crippen LogP contribution in [0.25, 0.3) is 5.53 Å². The zero-order chi connectivity index (χ0) is 18.1. The molecule has 0 saturated carbocycles. The van der Waals surface area contributed by atoms with Gasteiger partial charge in [0, 0.05) is 19.3 Å². The second-order valence-corrected chi connectivity index (χ2v) is 6.60. The molecule has 1 heterocycles. The van der Waals surface area contributed by atoms with Crippen molar-refractivity contribution >= 4 is 17.3 Å². The van der Waals surface area contributed by atoms with Crippen LogP contribution in [-0.2, 0) is 14.2 Å². The molecule has 2 atom stereocenters. The lowest BCUT2D eigenvalue weighted by molar-refractivity contribution is -0.231. The molecule has 0 radical (unpaired) electrons. The van der Waals surface area contributed by atoms with E-state index in [0.717, 1.165) is 31.4 Å². The molecule has 2 unspecified atom stereocenters. The summed E-state index contributed by atoms with van der Waals surface area (Å²) in [5.74, 6) is 0. The van der Waals surface area contributed by atoms with Crippen LogP contribution in [0, 0.1) is 0 Å². The summed E-state index contributed by atoms with van der Waals surface area (Å²) in [6, 6.07) is 0. The number of hydrogen-bond acceptors (Lipinski definition) is 4. The summed E-state index contributed by atoms with van der Waals surface area (Å²) in [5, 5.41) is 0.539. The van der Waals surface area contributed by atoms with Crippen molar-refractivity contribution in [1.82, 2.24) is 4.90 Å². The highest BCUT2D eigenvalue weighted by Crippen LogP contribution is 2.29. The number of nitrogens with zero attached hydrogens (tertiary/aromatic N) is 3. The summed E-state index contributed by atoms with van der Waals surface area (Å²) in [7, 11) is 0. The molecule has 140 valence electrons. The summed E-state index contributed by atoms with van der Waals surface area (Å²) >= 11 is 6.41. The molecule has 0 aromatic rings. The first-order valence-electron chi connectivity index (χ1n) is 9.09. The van der Waals surface area contributed by atoms with Gasteiger partial charge in [0.05, 0.1) is 30.3 Å². The van der Waals surface area contributed by atoms with Crippen molar-refractivity contribution in [3.63, 3.8) is 0 Å². The van der Waals surface area contributed by atoms with Crippen molar-refractivity contribution in [2.75, 3.05) is 26.4 Å². The Morgan fingerprint density at radius 1 is 1.28 bits per heavy atom. The van der Waals surface area contributed by atoms with Crippen molar-refractivity contribution in [3.8, 4) is 0 Å². The third kappa shape index (κ3) is 5.94. The number of morpholine rings is 1. The monoisotopic (exact) mass is 369 g/mol. The molecule has 6 nitrogen and oxygen atoms in total. The average Bonchev–Trinajstić information content (AvgIpc) is 2.63. The molecule has 25 heavy (non-hydrogen) atoms. The number of halogens is 1. The molecular formula is C18H28ClN3O3. The van der Waals surface area contributed by atoms with Gasteiger partial charge in [-0.2, -0.15) is 4.79 Å². The highest BCUT2D eigenvalue weighted by atomic mass is 35.5. The summed E-state index contributed by atoms with van der Waals surface area (Å²) in [6.45, 7) is 6.62. The van der Waals surface area contributed by atoms with E-state index in [2.05, 4.69) is 23.5 Å². The van der Waals surface area contributed by atoms with Crippen LogP contribution in [0.3, 0.4) is 0 Å². The maximum absolute atomic E-state index is 8.94. The van der Waals surface area contributed by atoms with Gasteiger partial charge < -0.3 is 24.6 Å². The first-order valence-corrected chi connectivity index (χ1v) is 9.47. The van der Waals surface area contributed by atoms with Crippen LogP contribution in [0.15, 0.2) is 22.9 Å². The van der Waals surface area contributed by atoms with Gasteiger partial charge >= 0.3 is 0 Å². The van der Waals surface area contributed by atoms with E-state index < -0.39 is 0 Å². The fourth-order valence-electron chi connectivity index (χ4n) is 2.73. The van der Waals surface area contributed by atoms with Gasteiger partial charge in [-0.15, -0.1) is 0 Å². The fraction of sp³-hybridized carbons (Fsp3) is 0.722. The topological polar surface area (TPSA) is 67.3 Å². The molecule has 0 bridgehead atoms. The van der Waals surface area contributed by atoms with Gasteiger partial charge in [0.15, 0.2) is 12.5 Å². The molecule has 1 fully saturated rings. The van der Waals surface area contributed by atoms with Crippen LogP contribution in [0.4, 0.5) is 0 Å². The quantitative estimate of drug-likeness (QED) is 0.353. The molecule has 0 aromatic heterocycles. The van der Waals surface area contributed by atoms with Crippen molar-refractivity contribution in [2.45, 2.75) is 58.5 Å². The van der Waals surface area contributed by atoms with Gasteiger partial charge in [0.25, 0.3) is 5.71 Å². The van der Waals surface area contributed by atoms with E-state index in [0.29, 0.717) is 43.5 Å². The Balaban J connectivity index is 2.07. The van der Waals surface area contributed by atoms with E-state index in [-0.39, 0.29) is 12.5 Å². The summed E-state index contributed by atoms with van der Waals surface area (Å²) in [4.78, 5) is 5.33. The maximum Gasteiger partial charge on any atom is 0.297 e. The van der Waals surface area contributed by atoms with Crippen molar-refractivity contribution in [3.05, 3.63) is 28.4 Å². The molecule has 1 aliphatic heterocycles. The summed E-state index contributed by atoms with van der Waals surface area (Å²) in [6.07, 6.45) is 7.86. The fourth-order valence-corrected chi connectivity index (χ4v) is 3.04. The second kappa shape index (κ2) is 10.7. The van der Waals surface area contributed by atoms with Gasteiger partial charge in [-0.3, -0.25) is 0 Å². The van der Waals surface area contributed by atoms with Gasteiger partial charge in [-0.1, -0.05) is 38.3 Å². The largest absolute Gasteiger partial charge is 0.361 e. The molecule has 1 aliphatic carbocycles. The standard InChI is InChI=1S/C18H28ClN3O3/c1-3-5-9-23-17-13-25-18(24-10-6-4-2)12-22(17)16-8-7-14(21-20)11-15(16)19/h8,11,17-18H,3-7,9-10,12-13H2,1-2H3. The average molecular weight is 370 g/mol. The van der Waals surface area contributed by atoms with E-state index in [1.807, 2.05) is 6.08 Å². The minimum atomic E-state index is -0.296. The van der Waals surface area contributed by atoms with Gasteiger partial charge in [0.1, 0.15) is 0 Å². The third-order valence-electron chi connectivity index (χ3n) is 4.21. The van der Waals surface area contributed by atoms with Crippen LogP contribution < -0.4 is 0 Å². The zero-order valence-electron chi connectivity index (χ0n) is 15.1. The highest BCUT2D eigenvalue weighted by Gasteiger charge is 2.33. The lowest BCUT2D eigenvalue weighted by Gasteiger charge is -2.41. The smallest absolute Gasteiger partial charge is 0.297 e. The zero-order valence-corrected chi connectivity index (χ0v) is 15.9. The Morgan fingerprint density at radius 2 is 2.00 bits per heavy atom. The summed E-state index contributed by atoms with van der Waals surface area (Å²) < 4.78 is 17.7. The third-order valence-corrected chi connectivity index (χ3v) is 4.51. The predicted octanol–water partition coefficient (Wildman–Crippen LogP) is 3.69. The minimum Gasteiger partial charge on any atom is -0.361 e. The lowest BCUT2D eigenvalue weighted by atomic mass is 10.1. The molecule has 0 spiro atoms. The first-order chi connectivity index (χ1) is 12.2. The van der Waals surface area contributed by atoms with Crippen molar-refractivity contribution in [2.24, 2.45) is 0 Å². The normalized spacial score (nSPS) is 24.0. The van der Waals surface area contributed by atoms with Crippen LogP contribution in [0.5, 0.6) is 0 Å². The molecular weight excluding hydrogens is 342 g/mol. The van der Waals surface area contributed by atoms with Gasteiger partial charge in [-0.25, -0.2) is 0 Å². The van der Waals surface area contributed by atoms with Crippen LogP contribution in [-0.4, -0.2) is 54.3 Å². The number of hydrogen-bond donors (Lipinski definition) is 0. The van der Waals surface area contributed by atoms with E-state index in [4.69, 9.17) is 31.3 Å². The number of unbranched alkanes of at least 4 members (excludes halogenated alkanes) is 2. The number of ether oxygens (including phenoxy) is 3. The van der Waals surface area contributed by atoms with E-state index >= 15 is 0 Å².